The number of aromatic nitrogens is 2. The molecule has 0 bridgehead atoms. The number of rotatable bonds is 4. The minimum absolute atomic E-state index is 0.461. The first-order valence-electron chi connectivity index (χ1n) is 6.66. The van der Waals surface area contributed by atoms with Gasteiger partial charge in [-0.25, -0.2) is 0 Å². The minimum Gasteiger partial charge on any atom is -0.386 e. The van der Waals surface area contributed by atoms with Crippen LogP contribution in [0.5, 0.6) is 0 Å². The van der Waals surface area contributed by atoms with Crippen LogP contribution in [0.2, 0.25) is 0 Å². The zero-order valence-electron chi connectivity index (χ0n) is 10.8. The highest BCUT2D eigenvalue weighted by Crippen LogP contribution is 2.25. The van der Waals surface area contributed by atoms with E-state index in [0.29, 0.717) is 12.5 Å². The number of aliphatic hydroxyl groups excluding tert-OH is 1. The van der Waals surface area contributed by atoms with Gasteiger partial charge in [0.25, 0.3) is 0 Å². The monoisotopic (exact) mass is 258 g/mol. The summed E-state index contributed by atoms with van der Waals surface area (Å²) in [4.78, 5) is 0. The van der Waals surface area contributed by atoms with E-state index in [4.69, 9.17) is 4.74 Å². The molecule has 1 aliphatic rings. The molecule has 2 heterocycles. The first-order valence-corrected chi connectivity index (χ1v) is 6.66. The van der Waals surface area contributed by atoms with Crippen molar-refractivity contribution in [2.24, 2.45) is 0 Å². The van der Waals surface area contributed by atoms with Gasteiger partial charge in [-0.3, -0.25) is 4.68 Å². The van der Waals surface area contributed by atoms with Crippen LogP contribution in [0.3, 0.4) is 0 Å². The summed E-state index contributed by atoms with van der Waals surface area (Å²) in [5.74, 6) is 0.461. The summed E-state index contributed by atoms with van der Waals surface area (Å²) in [6, 6.07) is 9.67. The van der Waals surface area contributed by atoms with Gasteiger partial charge < -0.3 is 9.84 Å². The Morgan fingerprint density at radius 2 is 2.21 bits per heavy atom. The van der Waals surface area contributed by atoms with Gasteiger partial charge in [-0.05, 0) is 17.5 Å². The number of ether oxygens (including phenoxy) is 1. The van der Waals surface area contributed by atoms with Crippen molar-refractivity contribution in [3.05, 3.63) is 53.9 Å². The van der Waals surface area contributed by atoms with Crippen molar-refractivity contribution in [2.45, 2.75) is 25.0 Å². The van der Waals surface area contributed by atoms with E-state index in [1.165, 1.54) is 5.56 Å². The molecule has 1 unspecified atom stereocenters. The van der Waals surface area contributed by atoms with Gasteiger partial charge in [0.2, 0.25) is 0 Å². The van der Waals surface area contributed by atoms with Crippen LogP contribution in [0.25, 0.3) is 0 Å². The number of hydrogen-bond acceptors (Lipinski definition) is 3. The second-order valence-corrected chi connectivity index (χ2v) is 4.98. The molecule has 0 aliphatic carbocycles. The zero-order chi connectivity index (χ0) is 13.1. The second-order valence-electron chi connectivity index (χ2n) is 4.98. The standard InChI is InChI=1S/C15H18N2O2/c18-15(12-4-2-1-3-5-12)10-17-9-14(8-16-17)13-6-7-19-11-13/h1-5,8-9,13,15,18H,6-7,10-11H2/t13?,15-/m1/s1. The summed E-state index contributed by atoms with van der Waals surface area (Å²) in [5.41, 5.74) is 2.13. The van der Waals surface area contributed by atoms with Gasteiger partial charge in [0, 0.05) is 18.7 Å². The Morgan fingerprint density at radius 1 is 1.37 bits per heavy atom. The van der Waals surface area contributed by atoms with Crippen molar-refractivity contribution in [3.63, 3.8) is 0 Å². The largest absolute Gasteiger partial charge is 0.386 e. The van der Waals surface area contributed by atoms with E-state index in [-0.39, 0.29) is 0 Å². The fourth-order valence-corrected chi connectivity index (χ4v) is 2.45. The Hall–Kier alpha value is -1.65. The maximum Gasteiger partial charge on any atom is 0.0985 e. The molecule has 4 nitrogen and oxygen atoms in total. The van der Waals surface area contributed by atoms with Crippen molar-refractivity contribution >= 4 is 0 Å². The average Bonchev–Trinajstić information content (AvgIpc) is 3.10. The summed E-state index contributed by atoms with van der Waals surface area (Å²) in [5, 5.41) is 14.5. The molecule has 100 valence electrons. The Bertz CT molecular complexity index is 518. The molecular weight excluding hydrogens is 240 g/mol. The molecule has 1 aromatic heterocycles. The van der Waals surface area contributed by atoms with Gasteiger partial charge in [0.15, 0.2) is 0 Å². The third-order valence-electron chi connectivity index (χ3n) is 3.60. The van der Waals surface area contributed by atoms with Gasteiger partial charge in [-0.15, -0.1) is 0 Å². The maximum atomic E-state index is 10.2. The molecule has 1 aliphatic heterocycles. The van der Waals surface area contributed by atoms with E-state index < -0.39 is 6.10 Å². The molecule has 1 fully saturated rings. The normalized spacial score (nSPS) is 20.6. The molecule has 1 saturated heterocycles. The second kappa shape index (κ2) is 5.55. The Morgan fingerprint density at radius 3 is 2.95 bits per heavy atom. The first kappa shape index (κ1) is 12.4. The third kappa shape index (κ3) is 2.85. The van der Waals surface area contributed by atoms with Crippen LogP contribution in [0.15, 0.2) is 42.7 Å². The van der Waals surface area contributed by atoms with E-state index in [1.807, 2.05) is 47.4 Å². The molecule has 3 rings (SSSR count). The fourth-order valence-electron chi connectivity index (χ4n) is 2.45. The van der Waals surface area contributed by atoms with E-state index in [2.05, 4.69) is 5.10 Å². The van der Waals surface area contributed by atoms with Crippen LogP contribution in [-0.2, 0) is 11.3 Å². The number of hydrogen-bond donors (Lipinski definition) is 1. The predicted octanol–water partition coefficient (Wildman–Crippen LogP) is 2.12. The van der Waals surface area contributed by atoms with Crippen LogP contribution >= 0.6 is 0 Å². The van der Waals surface area contributed by atoms with Crippen LogP contribution in [0, 0.1) is 0 Å². The van der Waals surface area contributed by atoms with Gasteiger partial charge in [-0.1, -0.05) is 30.3 Å². The summed E-state index contributed by atoms with van der Waals surface area (Å²) in [7, 11) is 0. The maximum absolute atomic E-state index is 10.2. The molecule has 19 heavy (non-hydrogen) atoms. The Labute approximate surface area is 112 Å². The number of benzene rings is 1. The molecule has 0 radical (unpaired) electrons. The minimum atomic E-state index is -0.520. The number of nitrogens with zero attached hydrogens (tertiary/aromatic N) is 2. The molecule has 2 aromatic rings. The molecule has 1 aromatic carbocycles. The predicted molar refractivity (Wildman–Crippen MR) is 71.8 cm³/mol. The van der Waals surface area contributed by atoms with E-state index in [0.717, 1.165) is 25.2 Å². The summed E-state index contributed by atoms with van der Waals surface area (Å²) in [6.07, 6.45) is 4.45. The molecule has 4 heteroatoms. The smallest absolute Gasteiger partial charge is 0.0985 e. The molecular formula is C15H18N2O2. The van der Waals surface area contributed by atoms with Gasteiger partial charge in [0.05, 0.1) is 25.5 Å². The molecule has 2 atom stereocenters. The van der Waals surface area contributed by atoms with E-state index in [1.54, 1.807) is 0 Å². The van der Waals surface area contributed by atoms with Gasteiger partial charge in [0.1, 0.15) is 0 Å². The lowest BCUT2D eigenvalue weighted by Crippen LogP contribution is -2.09. The molecule has 1 N–H and O–H groups in total. The summed E-state index contributed by atoms with van der Waals surface area (Å²) < 4.78 is 7.20. The van der Waals surface area contributed by atoms with Crippen molar-refractivity contribution in [3.8, 4) is 0 Å². The van der Waals surface area contributed by atoms with Gasteiger partial charge >= 0.3 is 0 Å². The first-order chi connectivity index (χ1) is 9.33. The third-order valence-corrected chi connectivity index (χ3v) is 3.60. The quantitative estimate of drug-likeness (QED) is 0.913. The topological polar surface area (TPSA) is 47.3 Å². The van der Waals surface area contributed by atoms with Crippen LogP contribution < -0.4 is 0 Å². The average molecular weight is 258 g/mol. The van der Waals surface area contributed by atoms with Crippen molar-refractivity contribution < 1.29 is 9.84 Å². The summed E-state index contributed by atoms with van der Waals surface area (Å²) >= 11 is 0. The lowest BCUT2D eigenvalue weighted by molar-refractivity contribution is 0.151. The Balaban J connectivity index is 1.66. The fraction of sp³-hybridized carbons (Fsp3) is 0.400. The lowest BCUT2D eigenvalue weighted by atomic mass is 10.0. The number of aliphatic hydroxyl groups is 1. The van der Waals surface area contributed by atoms with Crippen LogP contribution in [-0.4, -0.2) is 28.1 Å². The Kier molecular flexibility index (Phi) is 3.62. The van der Waals surface area contributed by atoms with Crippen molar-refractivity contribution in [1.29, 1.82) is 0 Å². The zero-order valence-corrected chi connectivity index (χ0v) is 10.8. The highest BCUT2D eigenvalue weighted by molar-refractivity contribution is 5.17. The van der Waals surface area contributed by atoms with Crippen LogP contribution in [0.4, 0.5) is 0 Å². The van der Waals surface area contributed by atoms with Gasteiger partial charge in [-0.2, -0.15) is 5.10 Å². The van der Waals surface area contributed by atoms with E-state index >= 15 is 0 Å². The highest BCUT2D eigenvalue weighted by Gasteiger charge is 2.19. The summed E-state index contributed by atoms with van der Waals surface area (Å²) in [6.45, 7) is 2.10. The highest BCUT2D eigenvalue weighted by atomic mass is 16.5. The SMILES string of the molecule is O[C@H](Cn1cc(C2CCOC2)cn1)c1ccccc1. The van der Waals surface area contributed by atoms with Crippen LogP contribution in [0.1, 0.15) is 29.6 Å². The lowest BCUT2D eigenvalue weighted by Gasteiger charge is -2.10. The molecule has 0 saturated carbocycles. The molecule has 0 spiro atoms. The van der Waals surface area contributed by atoms with Crippen molar-refractivity contribution in [1.82, 2.24) is 9.78 Å². The van der Waals surface area contributed by atoms with Crippen molar-refractivity contribution in [2.75, 3.05) is 13.2 Å². The van der Waals surface area contributed by atoms with E-state index in [9.17, 15) is 5.11 Å². The molecule has 0 amide bonds.